The minimum absolute atomic E-state index is 0.102. The molecule has 2 aromatic carbocycles. The summed E-state index contributed by atoms with van der Waals surface area (Å²) in [4.78, 5) is 3.76. The molecule has 3 heteroatoms. The average molecular weight is 778 g/mol. The molecule has 0 amide bonds. The molecule has 0 saturated heterocycles. The third kappa shape index (κ3) is 16.8. The smallest absolute Gasteiger partial charge is 0.0695 e. The molecule has 0 aliphatic heterocycles. The van der Waals surface area contributed by atoms with Gasteiger partial charge < -0.3 is 11.1 Å². The van der Waals surface area contributed by atoms with Crippen LogP contribution in [0.3, 0.4) is 0 Å². The highest BCUT2D eigenvalue weighted by Crippen LogP contribution is 2.49. The maximum Gasteiger partial charge on any atom is 0.0695 e. The number of aryl methyl sites for hydroxylation is 1. The molecule has 1 atom stereocenters. The zero-order valence-corrected chi connectivity index (χ0v) is 35.6. The summed E-state index contributed by atoms with van der Waals surface area (Å²) in [6.07, 6.45) is 53.2. The van der Waals surface area contributed by atoms with Crippen LogP contribution in [0.2, 0.25) is 0 Å². The molecule has 0 radical (unpaired) electrons. The van der Waals surface area contributed by atoms with Crippen LogP contribution in [0.4, 0.5) is 0 Å². The van der Waals surface area contributed by atoms with Gasteiger partial charge in [-0.2, -0.15) is 0 Å². The van der Waals surface area contributed by atoms with Crippen molar-refractivity contribution in [1.29, 1.82) is 5.41 Å². The number of hydrogen-bond acceptors (Lipinski definition) is 3. The van der Waals surface area contributed by atoms with Gasteiger partial charge in [-0.3, -0.25) is 4.99 Å². The molecule has 0 bridgehead atoms. The number of benzene rings is 2. The van der Waals surface area contributed by atoms with Gasteiger partial charge in [-0.05, 0) is 90.3 Å². The number of rotatable bonds is 8. The SMILES string of the molecule is C/C=C\C=C/C=NC.C=C(/C=C\C=N)C1(C2=C(C)/C=C\C=C/C(C)=C\C=C\C=C\2)C(=C)/C=C\CCc2ccccc21.C=CC(=C)c1ccccc1.NC1C=CC=CC=C1. The lowest BCUT2D eigenvalue weighted by atomic mass is 9.61. The Hall–Kier alpha value is -6.68. The Morgan fingerprint density at radius 3 is 2.14 bits per heavy atom. The Bertz CT molecular complexity index is 2110. The third-order valence-electron chi connectivity index (χ3n) is 9.21. The van der Waals surface area contributed by atoms with Crippen molar-refractivity contribution in [2.24, 2.45) is 10.7 Å². The highest BCUT2D eigenvalue weighted by Gasteiger charge is 2.41. The van der Waals surface area contributed by atoms with E-state index in [1.54, 1.807) is 25.4 Å². The van der Waals surface area contributed by atoms with Gasteiger partial charge in [0.1, 0.15) is 0 Å². The first-order valence-corrected chi connectivity index (χ1v) is 19.9. The van der Waals surface area contributed by atoms with Crippen molar-refractivity contribution in [3.63, 3.8) is 0 Å². The molecular weight excluding hydrogens is 715 g/mol. The molecule has 3 aliphatic rings. The van der Waals surface area contributed by atoms with Crippen LogP contribution in [0.15, 0.2) is 260 Å². The van der Waals surface area contributed by atoms with Gasteiger partial charge in [-0.15, -0.1) is 0 Å². The van der Waals surface area contributed by atoms with Crippen molar-refractivity contribution in [3.8, 4) is 0 Å². The van der Waals surface area contributed by atoms with Gasteiger partial charge in [-0.1, -0.05) is 220 Å². The van der Waals surface area contributed by atoms with E-state index in [0.717, 1.165) is 46.3 Å². The predicted octanol–water partition coefficient (Wildman–Crippen LogP) is 13.9. The maximum atomic E-state index is 7.56. The minimum atomic E-state index is -0.647. The van der Waals surface area contributed by atoms with Crippen molar-refractivity contribution >= 4 is 18.0 Å². The number of nitrogens with zero attached hydrogens (tertiary/aromatic N) is 1. The summed E-state index contributed by atoms with van der Waals surface area (Å²) in [6, 6.07) is 18.7. The van der Waals surface area contributed by atoms with Gasteiger partial charge in [0.25, 0.3) is 0 Å². The van der Waals surface area contributed by atoms with Crippen LogP contribution in [-0.4, -0.2) is 25.5 Å². The summed E-state index contributed by atoms with van der Waals surface area (Å²) >= 11 is 0. The predicted molar refractivity (Wildman–Crippen MR) is 264 cm³/mol. The van der Waals surface area contributed by atoms with Crippen LogP contribution in [0.25, 0.3) is 5.57 Å². The highest BCUT2D eigenvalue weighted by molar-refractivity contribution is 5.73. The van der Waals surface area contributed by atoms with Crippen LogP contribution >= 0.6 is 0 Å². The second-order valence-electron chi connectivity index (χ2n) is 13.5. The van der Waals surface area contributed by atoms with Crippen molar-refractivity contribution in [2.45, 2.75) is 45.1 Å². The molecule has 1 unspecified atom stereocenters. The van der Waals surface area contributed by atoms with Crippen LogP contribution in [-0.2, 0) is 11.8 Å². The number of nitrogens with one attached hydrogen (secondary N) is 1. The number of hydrogen-bond donors (Lipinski definition) is 2. The van der Waals surface area contributed by atoms with Crippen molar-refractivity contribution in [3.05, 3.63) is 271 Å². The maximum absolute atomic E-state index is 7.56. The topological polar surface area (TPSA) is 62.2 Å². The molecule has 3 N–H and O–H groups in total. The Kier molecular flexibility index (Phi) is 23.6. The van der Waals surface area contributed by atoms with E-state index in [1.165, 1.54) is 22.9 Å². The molecule has 3 aliphatic carbocycles. The van der Waals surface area contributed by atoms with Gasteiger partial charge in [-0.25, -0.2) is 0 Å². The standard InChI is InChI=1S/C32H33N.C10H10.C7H9N.C7H11N/c1-25-15-6-5-7-22-30(26(2)17-9-8-16-25)32(28(4)19-14-24-33)27(3)18-10-11-20-29-21-12-13-23-31(29)32;1-3-9(2)10-7-5-4-6-8-10;8-7-5-3-1-2-4-6-7;1-3-4-5-6-7-8-2/h5-10,12-19,21-24,33H,3-4,11,20H2,1-2H3;3-8H,1-2H2;1-7H,8H2;3-7H,1-2H3/b6-5+,7-5?,9-8?,15-6?,16-8-,17-9-,18-10-,19-14-,22-7+,25-15-,25-16?,26-17?,30-22?,30-26+,33-24?;;;4-3-,6-5-,8-7?. The first-order chi connectivity index (χ1) is 28.7. The zero-order chi connectivity index (χ0) is 43.1. The van der Waals surface area contributed by atoms with Gasteiger partial charge in [0.2, 0.25) is 0 Å². The summed E-state index contributed by atoms with van der Waals surface area (Å²) in [5.41, 5.74) is 14.8. The normalized spacial score (nSPS) is 22.5. The molecule has 0 spiro atoms. The third-order valence-corrected chi connectivity index (χ3v) is 9.21. The summed E-state index contributed by atoms with van der Waals surface area (Å²) < 4.78 is 0. The second-order valence-corrected chi connectivity index (χ2v) is 13.5. The average Bonchev–Trinajstić information content (AvgIpc) is 3.51. The quantitative estimate of drug-likeness (QED) is 0.203. The van der Waals surface area contributed by atoms with E-state index in [1.807, 2.05) is 104 Å². The molecule has 0 heterocycles. The highest BCUT2D eigenvalue weighted by atomic mass is 14.6. The lowest BCUT2D eigenvalue weighted by Crippen LogP contribution is -2.34. The Morgan fingerprint density at radius 2 is 1.46 bits per heavy atom. The van der Waals surface area contributed by atoms with E-state index in [9.17, 15) is 0 Å². The molecule has 5 rings (SSSR count). The number of allylic oxidation sites excluding steroid dienone is 28. The summed E-state index contributed by atoms with van der Waals surface area (Å²) in [6.45, 7) is 22.8. The molecule has 0 aromatic heterocycles. The van der Waals surface area contributed by atoms with E-state index in [4.69, 9.17) is 11.1 Å². The zero-order valence-electron chi connectivity index (χ0n) is 35.6. The molecule has 0 saturated carbocycles. The monoisotopic (exact) mass is 778 g/mol. The molecule has 302 valence electrons. The number of aliphatic imine (C=N–C) groups is 1. The minimum Gasteiger partial charge on any atom is -0.321 e. The Labute approximate surface area is 356 Å². The Morgan fingerprint density at radius 1 is 0.797 bits per heavy atom. The van der Waals surface area contributed by atoms with Crippen LogP contribution in [0.1, 0.15) is 43.9 Å². The summed E-state index contributed by atoms with van der Waals surface area (Å²) in [5, 5.41) is 7.56. The fourth-order valence-corrected chi connectivity index (χ4v) is 6.21. The summed E-state index contributed by atoms with van der Waals surface area (Å²) in [5.74, 6) is 0. The van der Waals surface area contributed by atoms with Crippen LogP contribution < -0.4 is 5.73 Å². The lowest BCUT2D eigenvalue weighted by Gasteiger charge is -2.41. The van der Waals surface area contributed by atoms with Crippen molar-refractivity contribution in [2.75, 3.05) is 7.05 Å². The molecule has 3 nitrogen and oxygen atoms in total. The molecule has 0 fully saturated rings. The first kappa shape index (κ1) is 48.5. The van der Waals surface area contributed by atoms with Crippen molar-refractivity contribution in [1.82, 2.24) is 0 Å². The molecule has 59 heavy (non-hydrogen) atoms. The van der Waals surface area contributed by atoms with E-state index in [-0.39, 0.29) is 6.04 Å². The Balaban J connectivity index is 0.000000369. The lowest BCUT2D eigenvalue weighted by molar-refractivity contribution is 0.716. The number of fused-ring (bicyclic) bond motifs is 1. The van der Waals surface area contributed by atoms with Gasteiger partial charge >= 0.3 is 0 Å². The first-order valence-electron chi connectivity index (χ1n) is 19.9. The van der Waals surface area contributed by atoms with Crippen LogP contribution in [0, 0.1) is 5.41 Å². The fraction of sp³-hybridized carbons (Fsp3) is 0.143. The van der Waals surface area contributed by atoms with Gasteiger partial charge in [0, 0.05) is 25.5 Å². The van der Waals surface area contributed by atoms with E-state index in [0.29, 0.717) is 0 Å². The largest absolute Gasteiger partial charge is 0.321 e. The molecular formula is C56H63N3. The summed E-state index contributed by atoms with van der Waals surface area (Å²) in [7, 11) is 1.75. The fourth-order valence-electron chi connectivity index (χ4n) is 6.21. The van der Waals surface area contributed by atoms with Crippen LogP contribution in [0.5, 0.6) is 0 Å². The molecule has 2 aromatic rings. The van der Waals surface area contributed by atoms with Crippen molar-refractivity contribution < 1.29 is 0 Å². The van der Waals surface area contributed by atoms with Gasteiger partial charge in [0.15, 0.2) is 0 Å². The van der Waals surface area contributed by atoms with E-state index >= 15 is 0 Å². The number of nitrogens with two attached hydrogens (primary N) is 1. The van der Waals surface area contributed by atoms with E-state index in [2.05, 4.69) is 136 Å². The van der Waals surface area contributed by atoms with Gasteiger partial charge in [0.05, 0.1) is 5.41 Å². The second kappa shape index (κ2) is 28.7. The van der Waals surface area contributed by atoms with E-state index < -0.39 is 5.41 Å².